The molecular weight excluding hydrogens is 194 g/mol. The highest BCUT2D eigenvalue weighted by molar-refractivity contribution is 5.78. The van der Waals surface area contributed by atoms with E-state index in [0.717, 1.165) is 6.54 Å². The maximum Gasteiger partial charge on any atom is 0.234 e. The summed E-state index contributed by atoms with van der Waals surface area (Å²) in [5.41, 5.74) is 5.31. The van der Waals surface area contributed by atoms with Crippen molar-refractivity contribution in [1.82, 2.24) is 10.2 Å². The van der Waals surface area contributed by atoms with Crippen molar-refractivity contribution in [3.05, 3.63) is 0 Å². The van der Waals surface area contributed by atoms with Crippen LogP contribution < -0.4 is 11.1 Å². The van der Waals surface area contributed by atoms with E-state index in [-0.39, 0.29) is 12.0 Å². The third-order valence-corrected chi connectivity index (χ3v) is 2.55. The van der Waals surface area contributed by atoms with Crippen molar-refractivity contribution in [1.29, 1.82) is 0 Å². The normalized spacial score (nSPS) is 27.7. The zero-order valence-electron chi connectivity index (χ0n) is 9.53. The van der Waals surface area contributed by atoms with E-state index >= 15 is 0 Å². The average Bonchev–Trinajstić information content (AvgIpc) is 2.20. The lowest BCUT2D eigenvalue weighted by Gasteiger charge is -2.36. The second kappa shape index (κ2) is 6.05. The minimum Gasteiger partial charge on any atom is -0.376 e. The predicted octanol–water partition coefficient (Wildman–Crippen LogP) is -0.829. The van der Waals surface area contributed by atoms with E-state index in [0.29, 0.717) is 32.3 Å². The molecule has 3 N–H and O–H groups in total. The van der Waals surface area contributed by atoms with Crippen LogP contribution in [0.3, 0.4) is 0 Å². The number of nitrogens with one attached hydrogen (secondary N) is 1. The van der Waals surface area contributed by atoms with Crippen LogP contribution in [0.2, 0.25) is 0 Å². The topological polar surface area (TPSA) is 67.6 Å². The van der Waals surface area contributed by atoms with Gasteiger partial charge in [0.1, 0.15) is 0 Å². The Morgan fingerprint density at radius 1 is 1.60 bits per heavy atom. The minimum atomic E-state index is 0.0430. The largest absolute Gasteiger partial charge is 0.376 e. The van der Waals surface area contributed by atoms with Crippen molar-refractivity contribution >= 4 is 5.91 Å². The zero-order valence-corrected chi connectivity index (χ0v) is 9.53. The molecule has 0 bridgehead atoms. The van der Waals surface area contributed by atoms with Crippen LogP contribution in [-0.2, 0) is 9.53 Å². The smallest absolute Gasteiger partial charge is 0.234 e. The summed E-state index contributed by atoms with van der Waals surface area (Å²) < 4.78 is 5.49. The number of carbonyl (C=O) groups excluding carboxylic acids is 1. The van der Waals surface area contributed by atoms with E-state index in [2.05, 4.69) is 17.1 Å². The van der Waals surface area contributed by atoms with Gasteiger partial charge in [-0.15, -0.1) is 0 Å². The van der Waals surface area contributed by atoms with Gasteiger partial charge in [-0.3, -0.25) is 9.69 Å². The van der Waals surface area contributed by atoms with Crippen molar-refractivity contribution in [2.75, 3.05) is 32.8 Å². The summed E-state index contributed by atoms with van der Waals surface area (Å²) in [6, 6.07) is 0.310. The third-order valence-electron chi connectivity index (χ3n) is 2.55. The van der Waals surface area contributed by atoms with E-state index in [1.54, 1.807) is 0 Å². The fraction of sp³-hybridized carbons (Fsp3) is 0.900. The van der Waals surface area contributed by atoms with Crippen LogP contribution in [0.4, 0.5) is 0 Å². The first-order chi connectivity index (χ1) is 7.13. The lowest BCUT2D eigenvalue weighted by Crippen LogP contribution is -2.51. The summed E-state index contributed by atoms with van der Waals surface area (Å²) >= 11 is 0. The lowest BCUT2D eigenvalue weighted by atomic mass is 10.2. The Hall–Kier alpha value is -0.650. The number of nitrogens with two attached hydrogens (primary N) is 1. The number of amides is 1. The van der Waals surface area contributed by atoms with Crippen molar-refractivity contribution in [3.8, 4) is 0 Å². The van der Waals surface area contributed by atoms with Gasteiger partial charge in [-0.1, -0.05) is 0 Å². The van der Waals surface area contributed by atoms with Gasteiger partial charge < -0.3 is 15.8 Å². The second-order valence-electron chi connectivity index (χ2n) is 4.06. The van der Waals surface area contributed by atoms with Gasteiger partial charge in [0.25, 0.3) is 0 Å². The van der Waals surface area contributed by atoms with Crippen LogP contribution >= 0.6 is 0 Å². The fourth-order valence-corrected chi connectivity index (χ4v) is 1.64. The molecule has 1 aliphatic rings. The summed E-state index contributed by atoms with van der Waals surface area (Å²) in [4.78, 5) is 13.6. The molecule has 1 fully saturated rings. The standard InChI is InChI=1S/C10H21N3O2/c1-8-7-15-9(2)5-13(8)6-10(14)12-4-3-11/h8-9H,3-7,11H2,1-2H3,(H,12,14). The Morgan fingerprint density at radius 2 is 2.33 bits per heavy atom. The zero-order chi connectivity index (χ0) is 11.3. The molecule has 1 saturated heterocycles. The van der Waals surface area contributed by atoms with Crippen LogP contribution in [-0.4, -0.2) is 55.7 Å². The summed E-state index contributed by atoms with van der Waals surface area (Å²) in [6.45, 7) is 7.09. The minimum absolute atomic E-state index is 0.0430. The fourth-order valence-electron chi connectivity index (χ4n) is 1.64. The highest BCUT2D eigenvalue weighted by Gasteiger charge is 2.24. The maximum absolute atomic E-state index is 11.5. The molecule has 5 heteroatoms. The number of carbonyl (C=O) groups is 1. The third kappa shape index (κ3) is 4.15. The van der Waals surface area contributed by atoms with Crippen LogP contribution in [0.15, 0.2) is 0 Å². The molecular formula is C10H21N3O2. The van der Waals surface area contributed by atoms with E-state index in [1.807, 2.05) is 6.92 Å². The summed E-state index contributed by atoms with van der Waals surface area (Å²) in [5.74, 6) is 0.0430. The van der Waals surface area contributed by atoms with Gasteiger partial charge in [0.05, 0.1) is 19.3 Å². The number of rotatable bonds is 4. The van der Waals surface area contributed by atoms with Crippen LogP contribution in [0.1, 0.15) is 13.8 Å². The number of ether oxygens (including phenoxy) is 1. The number of hydrogen-bond acceptors (Lipinski definition) is 4. The molecule has 0 aromatic carbocycles. The van der Waals surface area contributed by atoms with Gasteiger partial charge in [0.2, 0.25) is 5.91 Å². The van der Waals surface area contributed by atoms with Gasteiger partial charge in [0.15, 0.2) is 0 Å². The van der Waals surface area contributed by atoms with Gasteiger partial charge in [-0.25, -0.2) is 0 Å². The van der Waals surface area contributed by atoms with Gasteiger partial charge in [0, 0.05) is 25.7 Å². The van der Waals surface area contributed by atoms with Crippen LogP contribution in [0, 0.1) is 0 Å². The molecule has 1 heterocycles. The van der Waals surface area contributed by atoms with Crippen molar-refractivity contribution in [3.63, 3.8) is 0 Å². The summed E-state index contributed by atoms with van der Waals surface area (Å²) in [6.07, 6.45) is 0.212. The first-order valence-electron chi connectivity index (χ1n) is 5.46. The molecule has 1 amide bonds. The van der Waals surface area contributed by atoms with E-state index in [4.69, 9.17) is 10.5 Å². The van der Waals surface area contributed by atoms with Gasteiger partial charge >= 0.3 is 0 Å². The van der Waals surface area contributed by atoms with E-state index < -0.39 is 0 Å². The molecule has 0 saturated carbocycles. The Balaban J connectivity index is 2.31. The SMILES string of the molecule is CC1CN(CC(=O)NCCN)C(C)CO1. The Kier molecular flexibility index (Phi) is 5.01. The lowest BCUT2D eigenvalue weighted by molar-refractivity contribution is -0.125. The monoisotopic (exact) mass is 215 g/mol. The second-order valence-corrected chi connectivity index (χ2v) is 4.06. The van der Waals surface area contributed by atoms with Crippen LogP contribution in [0.5, 0.6) is 0 Å². The molecule has 1 aliphatic heterocycles. The molecule has 2 atom stereocenters. The molecule has 1 rings (SSSR count). The average molecular weight is 215 g/mol. The number of hydrogen-bond donors (Lipinski definition) is 2. The molecule has 0 spiro atoms. The van der Waals surface area contributed by atoms with E-state index in [9.17, 15) is 4.79 Å². The quantitative estimate of drug-likeness (QED) is 0.642. The number of nitrogens with zero attached hydrogens (tertiary/aromatic N) is 1. The van der Waals surface area contributed by atoms with Crippen molar-refractivity contribution in [2.45, 2.75) is 26.0 Å². The van der Waals surface area contributed by atoms with Crippen molar-refractivity contribution < 1.29 is 9.53 Å². The molecule has 0 aromatic heterocycles. The van der Waals surface area contributed by atoms with Crippen molar-refractivity contribution in [2.24, 2.45) is 5.73 Å². The Morgan fingerprint density at radius 3 is 3.00 bits per heavy atom. The molecule has 0 aliphatic carbocycles. The first kappa shape index (κ1) is 12.4. The number of morpholine rings is 1. The first-order valence-corrected chi connectivity index (χ1v) is 5.46. The Bertz CT molecular complexity index is 211. The van der Waals surface area contributed by atoms with Crippen LogP contribution in [0.25, 0.3) is 0 Å². The molecule has 0 radical (unpaired) electrons. The van der Waals surface area contributed by atoms with Gasteiger partial charge in [-0.2, -0.15) is 0 Å². The van der Waals surface area contributed by atoms with E-state index in [1.165, 1.54) is 0 Å². The maximum atomic E-state index is 11.5. The summed E-state index contributed by atoms with van der Waals surface area (Å²) in [5, 5.41) is 2.77. The molecule has 15 heavy (non-hydrogen) atoms. The molecule has 0 aromatic rings. The highest BCUT2D eigenvalue weighted by atomic mass is 16.5. The summed E-state index contributed by atoms with van der Waals surface area (Å²) in [7, 11) is 0. The highest BCUT2D eigenvalue weighted by Crippen LogP contribution is 2.10. The Labute approximate surface area is 90.9 Å². The molecule has 2 unspecified atom stereocenters. The van der Waals surface area contributed by atoms with Gasteiger partial charge in [-0.05, 0) is 13.8 Å². The molecule has 5 nitrogen and oxygen atoms in total. The predicted molar refractivity (Wildman–Crippen MR) is 58.5 cm³/mol. The molecule has 88 valence electrons.